The number of ether oxygens (including phenoxy) is 1. The molecule has 0 saturated heterocycles. The summed E-state index contributed by atoms with van der Waals surface area (Å²) < 4.78 is 6.17. The van der Waals surface area contributed by atoms with Gasteiger partial charge in [-0.05, 0) is 28.7 Å². The number of aliphatic carboxylic acids is 1. The summed E-state index contributed by atoms with van der Waals surface area (Å²) in [4.78, 5) is 24.7. The van der Waals surface area contributed by atoms with Crippen molar-refractivity contribution < 1.29 is 23.9 Å². The first-order chi connectivity index (χ1) is 14.6. The highest BCUT2D eigenvalue weighted by molar-refractivity contribution is 5.81. The normalized spacial score (nSPS) is 16.0. The van der Waals surface area contributed by atoms with Crippen LogP contribution in [0.25, 0.3) is 11.1 Å². The van der Waals surface area contributed by atoms with Crippen molar-refractivity contribution in [1.29, 1.82) is 0 Å². The van der Waals surface area contributed by atoms with Gasteiger partial charge in [0.2, 0.25) is 0 Å². The Kier molecular flexibility index (Phi) is 6.41. The highest BCUT2D eigenvalue weighted by Crippen LogP contribution is 2.44. The van der Waals surface area contributed by atoms with Gasteiger partial charge in [-0.3, -0.25) is 0 Å². The van der Waals surface area contributed by atoms with E-state index in [1.165, 1.54) is 0 Å². The van der Waals surface area contributed by atoms with E-state index in [9.17, 15) is 14.7 Å². The maximum Gasteiger partial charge on any atom is 0.407 e. The molecule has 0 spiro atoms. The summed E-state index contributed by atoms with van der Waals surface area (Å²) in [5.41, 5.74) is 3.92. The molecule has 6 heteroatoms. The number of hydrogen-bond acceptors (Lipinski definition) is 3. The third-order valence-electron chi connectivity index (χ3n) is 6.19. The number of nitrogens with one attached hydrogen (secondary N) is 1. The Hall–Kier alpha value is -2.86. The van der Waals surface area contributed by atoms with Crippen molar-refractivity contribution >= 4 is 12.1 Å². The predicted octanol–water partition coefficient (Wildman–Crippen LogP) is 4.10. The zero-order valence-corrected chi connectivity index (χ0v) is 19.0. The second-order valence-electron chi connectivity index (χ2n) is 9.70. The molecule has 0 aliphatic heterocycles. The maximum atomic E-state index is 12.7. The molecule has 6 nitrogen and oxygen atoms in total. The van der Waals surface area contributed by atoms with Crippen LogP contribution in [0.5, 0.6) is 0 Å². The Morgan fingerprint density at radius 3 is 2.03 bits per heavy atom. The third-order valence-corrected chi connectivity index (χ3v) is 6.19. The van der Waals surface area contributed by atoms with Gasteiger partial charge in [0, 0.05) is 11.3 Å². The van der Waals surface area contributed by atoms with Gasteiger partial charge in [0.25, 0.3) is 0 Å². The fourth-order valence-corrected chi connectivity index (χ4v) is 4.78. The predicted molar refractivity (Wildman–Crippen MR) is 121 cm³/mol. The van der Waals surface area contributed by atoms with Gasteiger partial charge in [0.15, 0.2) is 0 Å². The average Bonchev–Trinajstić information content (AvgIpc) is 3.03. The number of quaternary nitrogens is 1. The van der Waals surface area contributed by atoms with E-state index in [1.54, 1.807) is 0 Å². The van der Waals surface area contributed by atoms with E-state index >= 15 is 0 Å². The lowest BCUT2D eigenvalue weighted by atomic mass is 9.78. The number of hydrogen-bond donors (Lipinski definition) is 2. The van der Waals surface area contributed by atoms with Crippen molar-refractivity contribution in [3.8, 4) is 11.1 Å². The van der Waals surface area contributed by atoms with Crippen molar-refractivity contribution in [3.63, 3.8) is 0 Å². The summed E-state index contributed by atoms with van der Waals surface area (Å²) in [6, 6.07) is 15.2. The van der Waals surface area contributed by atoms with Crippen molar-refractivity contribution in [2.24, 2.45) is 5.41 Å². The molecule has 0 saturated carbocycles. The summed E-state index contributed by atoms with van der Waals surface area (Å²) in [7, 11) is 6.04. The van der Waals surface area contributed by atoms with Crippen LogP contribution in [0.1, 0.15) is 37.3 Å². The van der Waals surface area contributed by atoms with Crippen LogP contribution in [0, 0.1) is 5.41 Å². The van der Waals surface area contributed by atoms with Crippen LogP contribution in [0.2, 0.25) is 0 Å². The van der Waals surface area contributed by atoms with E-state index in [-0.39, 0.29) is 12.5 Å². The quantitative estimate of drug-likeness (QED) is 0.625. The van der Waals surface area contributed by atoms with Crippen molar-refractivity contribution in [2.45, 2.75) is 32.2 Å². The number of carboxylic acid groups (broad SMARTS) is 1. The van der Waals surface area contributed by atoms with Gasteiger partial charge >= 0.3 is 12.1 Å². The molecule has 0 radical (unpaired) electrons. The van der Waals surface area contributed by atoms with Gasteiger partial charge in [0.1, 0.15) is 12.6 Å². The lowest BCUT2D eigenvalue weighted by Gasteiger charge is -2.39. The molecule has 166 valence electrons. The second-order valence-corrected chi connectivity index (χ2v) is 9.70. The first-order valence-electron chi connectivity index (χ1n) is 10.7. The Balaban J connectivity index is 1.74. The molecule has 2 N–H and O–H groups in total. The smallest absolute Gasteiger partial charge is 0.407 e. The molecule has 0 unspecified atom stereocenters. The molecule has 0 fully saturated rings. The Bertz CT molecular complexity index is 920. The molecule has 0 bridgehead atoms. The molecular formula is C25H33N2O4+. The zero-order chi connectivity index (χ0) is 22.8. The third kappa shape index (κ3) is 4.90. The van der Waals surface area contributed by atoms with Gasteiger partial charge in [-0.1, -0.05) is 62.4 Å². The Morgan fingerprint density at radius 1 is 1.06 bits per heavy atom. The van der Waals surface area contributed by atoms with E-state index in [0.717, 1.165) is 22.3 Å². The number of alkyl carbamates (subject to hydrolysis) is 1. The number of rotatable bonds is 8. The van der Waals surface area contributed by atoms with Crippen molar-refractivity contribution in [2.75, 3.05) is 34.3 Å². The molecule has 31 heavy (non-hydrogen) atoms. The van der Waals surface area contributed by atoms with Crippen LogP contribution >= 0.6 is 0 Å². The number of amides is 1. The summed E-state index contributed by atoms with van der Waals surface area (Å²) in [5.74, 6) is -1.11. The number of benzene rings is 2. The lowest BCUT2D eigenvalue weighted by molar-refractivity contribution is -0.877. The van der Waals surface area contributed by atoms with Gasteiger partial charge in [0.05, 0.1) is 27.7 Å². The van der Waals surface area contributed by atoms with Crippen LogP contribution in [-0.2, 0) is 9.53 Å². The topological polar surface area (TPSA) is 75.6 Å². The molecule has 1 amide bonds. The van der Waals surface area contributed by atoms with Crippen LogP contribution in [0.15, 0.2) is 48.5 Å². The highest BCUT2D eigenvalue weighted by Gasteiger charge is 2.43. The van der Waals surface area contributed by atoms with Gasteiger partial charge in [-0.15, -0.1) is 0 Å². The molecule has 0 aromatic heterocycles. The number of nitrogens with zero attached hydrogens (tertiary/aromatic N) is 1. The first-order valence-corrected chi connectivity index (χ1v) is 10.7. The number of carbonyl (C=O) groups is 2. The molecule has 2 aromatic rings. The SMILES string of the molecule is CC[C@@](C)(C[N+](C)(C)C)[C@H](NC(=O)OCC1c2ccccc2-c2ccccc21)C(=O)O. The summed E-state index contributed by atoms with van der Waals surface area (Å²) in [6.45, 7) is 4.61. The monoisotopic (exact) mass is 425 g/mol. The van der Waals surface area contributed by atoms with E-state index < -0.39 is 23.5 Å². The molecule has 2 aromatic carbocycles. The van der Waals surface area contributed by atoms with Crippen molar-refractivity contribution in [3.05, 3.63) is 59.7 Å². The lowest BCUT2D eigenvalue weighted by Crippen LogP contribution is -2.57. The van der Waals surface area contributed by atoms with E-state index in [2.05, 4.69) is 29.6 Å². The number of carbonyl (C=O) groups excluding carboxylic acids is 1. The van der Waals surface area contributed by atoms with Crippen LogP contribution in [-0.4, -0.2) is 62.0 Å². The summed E-state index contributed by atoms with van der Waals surface area (Å²) in [5, 5.41) is 12.5. The fraction of sp³-hybridized carbons (Fsp3) is 0.440. The summed E-state index contributed by atoms with van der Waals surface area (Å²) in [6.07, 6.45) is -0.0845. The summed E-state index contributed by atoms with van der Waals surface area (Å²) >= 11 is 0. The molecule has 0 heterocycles. The molecule has 2 atom stereocenters. The Labute approximate surface area is 184 Å². The highest BCUT2D eigenvalue weighted by atomic mass is 16.5. The largest absolute Gasteiger partial charge is 0.480 e. The zero-order valence-electron chi connectivity index (χ0n) is 19.0. The second kappa shape index (κ2) is 8.71. The van der Waals surface area contributed by atoms with Crippen LogP contribution in [0.3, 0.4) is 0 Å². The van der Waals surface area contributed by atoms with Crippen LogP contribution < -0.4 is 5.32 Å². The maximum absolute atomic E-state index is 12.7. The van der Waals surface area contributed by atoms with Crippen LogP contribution in [0.4, 0.5) is 4.79 Å². The van der Waals surface area contributed by atoms with E-state index in [4.69, 9.17) is 4.74 Å². The molecule has 3 rings (SSSR count). The molecule has 1 aliphatic carbocycles. The Morgan fingerprint density at radius 2 is 1.58 bits per heavy atom. The van der Waals surface area contributed by atoms with Gasteiger partial charge < -0.3 is 19.6 Å². The minimum Gasteiger partial charge on any atom is -0.480 e. The number of carboxylic acids is 1. The average molecular weight is 426 g/mol. The van der Waals surface area contributed by atoms with E-state index in [0.29, 0.717) is 17.4 Å². The minimum atomic E-state index is -1.05. The van der Waals surface area contributed by atoms with E-state index in [1.807, 2.05) is 59.3 Å². The van der Waals surface area contributed by atoms with Gasteiger partial charge in [-0.2, -0.15) is 0 Å². The van der Waals surface area contributed by atoms with Crippen molar-refractivity contribution in [1.82, 2.24) is 5.32 Å². The molecule has 1 aliphatic rings. The minimum absolute atomic E-state index is 0.0646. The molecular weight excluding hydrogens is 392 g/mol. The standard InChI is InChI=1S/C25H32N2O4/c1-6-25(2,16-27(3,4)5)22(23(28)29)26-24(30)31-15-21-19-13-9-7-11-17(19)18-12-8-10-14-20(18)21/h7-14,21-22H,6,15-16H2,1-5H3,(H-,26,28,29,30)/p+1/t22-,25+/m1/s1. The van der Waals surface area contributed by atoms with Gasteiger partial charge in [-0.25, -0.2) is 9.59 Å². The number of fused-ring (bicyclic) bond motifs is 3. The first kappa shape index (κ1) is 22.8. The fourth-order valence-electron chi connectivity index (χ4n) is 4.78.